The third-order valence-corrected chi connectivity index (χ3v) is 8.91. The highest BCUT2D eigenvalue weighted by Gasteiger charge is 2.53. The summed E-state index contributed by atoms with van der Waals surface area (Å²) in [5.41, 5.74) is -1.49. The van der Waals surface area contributed by atoms with E-state index in [-0.39, 0.29) is 55.2 Å². The maximum Gasteiger partial charge on any atom is 0.305 e. The SMILES string of the molecule is COC(=O)CCCCN1C(=O)[C@](O)([C@H](C)/C=C/CC(=O)N2CCC[C@H]2CO)c2cc(NC(=O)[C@H]3O[C@@H](O)[C@H](O)[C@@H](O)[C@@H]3O)ccc21. The summed E-state index contributed by atoms with van der Waals surface area (Å²) < 4.78 is 9.67. The Morgan fingerprint density at radius 1 is 1.15 bits per heavy atom. The first kappa shape index (κ1) is 35.4. The lowest BCUT2D eigenvalue weighted by Gasteiger charge is -2.37. The van der Waals surface area contributed by atoms with Gasteiger partial charge in [-0.2, -0.15) is 0 Å². The second-order valence-electron chi connectivity index (χ2n) is 11.9. The Bertz CT molecular complexity index is 1320. The predicted octanol–water partition coefficient (Wildman–Crippen LogP) is -1.13. The summed E-state index contributed by atoms with van der Waals surface area (Å²) in [5.74, 6) is -3.02. The molecule has 0 bridgehead atoms. The number of methoxy groups -OCH3 is 1. The number of aliphatic hydroxyl groups is 6. The monoisotopic (exact) mass is 649 g/mol. The van der Waals surface area contributed by atoms with Gasteiger partial charge in [-0.3, -0.25) is 19.2 Å². The van der Waals surface area contributed by atoms with Crippen LogP contribution in [0.3, 0.4) is 0 Å². The summed E-state index contributed by atoms with van der Waals surface area (Å²) in [6, 6.07) is 4.14. The number of fused-ring (bicyclic) bond motifs is 1. The van der Waals surface area contributed by atoms with Crippen LogP contribution in [-0.2, 0) is 34.3 Å². The number of carbonyl (C=O) groups excluding carboxylic acids is 4. The number of aliphatic hydroxyl groups excluding tert-OH is 5. The number of nitrogens with one attached hydrogen (secondary N) is 1. The predicted molar refractivity (Wildman–Crippen MR) is 161 cm³/mol. The van der Waals surface area contributed by atoms with Crippen molar-refractivity contribution in [3.63, 3.8) is 0 Å². The van der Waals surface area contributed by atoms with E-state index >= 15 is 0 Å². The number of nitrogens with zero attached hydrogens (tertiary/aromatic N) is 2. The Labute approximate surface area is 266 Å². The molecule has 7 N–H and O–H groups in total. The lowest BCUT2D eigenvalue weighted by Crippen LogP contribution is -2.60. The number of unbranched alkanes of at least 4 members (excludes halogenated alkanes) is 1. The molecular formula is C31H43N3O12. The summed E-state index contributed by atoms with van der Waals surface area (Å²) in [6.45, 7) is 2.20. The number of carbonyl (C=O) groups is 4. The number of amides is 3. The van der Waals surface area contributed by atoms with Gasteiger partial charge in [-0.1, -0.05) is 19.1 Å². The number of rotatable bonds is 12. The molecule has 254 valence electrons. The summed E-state index contributed by atoms with van der Waals surface area (Å²) in [7, 11) is 1.28. The van der Waals surface area contributed by atoms with Gasteiger partial charge in [0.2, 0.25) is 5.91 Å². The Kier molecular flexibility index (Phi) is 11.5. The second-order valence-corrected chi connectivity index (χ2v) is 11.9. The van der Waals surface area contributed by atoms with Crippen molar-refractivity contribution in [2.75, 3.05) is 37.0 Å². The smallest absolute Gasteiger partial charge is 0.305 e. The molecule has 3 aliphatic rings. The van der Waals surface area contributed by atoms with Gasteiger partial charge in [-0.25, -0.2) is 0 Å². The Hall–Kier alpha value is -3.44. The van der Waals surface area contributed by atoms with Gasteiger partial charge in [0.25, 0.3) is 11.8 Å². The van der Waals surface area contributed by atoms with Crippen molar-refractivity contribution in [2.24, 2.45) is 5.92 Å². The molecule has 1 aromatic carbocycles. The highest BCUT2D eigenvalue weighted by molar-refractivity contribution is 6.08. The fourth-order valence-electron chi connectivity index (χ4n) is 6.16. The molecule has 3 heterocycles. The fourth-order valence-corrected chi connectivity index (χ4v) is 6.16. The molecular weight excluding hydrogens is 606 g/mol. The average molecular weight is 650 g/mol. The van der Waals surface area contributed by atoms with Crippen LogP contribution in [0.4, 0.5) is 11.4 Å². The van der Waals surface area contributed by atoms with Crippen molar-refractivity contribution in [3.8, 4) is 0 Å². The van der Waals surface area contributed by atoms with Gasteiger partial charge in [-0.15, -0.1) is 0 Å². The van der Waals surface area contributed by atoms with Crippen LogP contribution in [0.15, 0.2) is 30.4 Å². The third-order valence-electron chi connectivity index (χ3n) is 8.91. The molecule has 4 rings (SSSR count). The minimum Gasteiger partial charge on any atom is -0.469 e. The van der Waals surface area contributed by atoms with E-state index in [0.717, 1.165) is 12.8 Å². The van der Waals surface area contributed by atoms with Gasteiger partial charge in [0.1, 0.15) is 18.3 Å². The van der Waals surface area contributed by atoms with Gasteiger partial charge in [0, 0.05) is 43.1 Å². The first-order valence-electron chi connectivity index (χ1n) is 15.4. The maximum absolute atomic E-state index is 13.9. The molecule has 0 spiro atoms. The third kappa shape index (κ3) is 7.10. The van der Waals surface area contributed by atoms with Crippen LogP contribution in [0.25, 0.3) is 0 Å². The molecule has 0 aliphatic carbocycles. The number of benzene rings is 1. The van der Waals surface area contributed by atoms with Crippen molar-refractivity contribution in [3.05, 3.63) is 35.9 Å². The van der Waals surface area contributed by atoms with Crippen LogP contribution in [-0.4, -0.2) is 123 Å². The molecule has 15 heteroatoms. The zero-order valence-corrected chi connectivity index (χ0v) is 25.8. The molecule has 2 saturated heterocycles. The molecule has 0 radical (unpaired) electrons. The van der Waals surface area contributed by atoms with E-state index in [0.29, 0.717) is 25.1 Å². The van der Waals surface area contributed by atoms with Gasteiger partial charge in [-0.05, 0) is 43.9 Å². The van der Waals surface area contributed by atoms with Gasteiger partial charge in [0.05, 0.1) is 25.4 Å². The summed E-state index contributed by atoms with van der Waals surface area (Å²) in [4.78, 5) is 54.2. The Morgan fingerprint density at radius 3 is 2.59 bits per heavy atom. The van der Waals surface area contributed by atoms with Crippen molar-refractivity contribution in [1.82, 2.24) is 4.90 Å². The van der Waals surface area contributed by atoms with Crippen LogP contribution < -0.4 is 10.2 Å². The minimum absolute atomic E-state index is 0.00141. The van der Waals surface area contributed by atoms with Crippen LogP contribution in [0.2, 0.25) is 0 Å². The molecule has 0 aromatic heterocycles. The van der Waals surface area contributed by atoms with Crippen LogP contribution in [0.5, 0.6) is 0 Å². The lowest BCUT2D eigenvalue weighted by molar-refractivity contribution is -0.274. The van der Waals surface area contributed by atoms with E-state index < -0.39 is 54.0 Å². The molecule has 3 aliphatic heterocycles. The molecule has 3 amide bonds. The second kappa shape index (κ2) is 15.0. The first-order chi connectivity index (χ1) is 21.8. The Morgan fingerprint density at radius 2 is 1.89 bits per heavy atom. The summed E-state index contributed by atoms with van der Waals surface area (Å²) >= 11 is 0. The number of likely N-dealkylation sites (tertiary alicyclic amines) is 1. The van der Waals surface area contributed by atoms with Gasteiger partial charge >= 0.3 is 5.97 Å². The van der Waals surface area contributed by atoms with Crippen molar-refractivity contribution < 1.29 is 59.3 Å². The largest absolute Gasteiger partial charge is 0.469 e. The van der Waals surface area contributed by atoms with Gasteiger partial charge in [0.15, 0.2) is 18.0 Å². The number of ether oxygens (including phenoxy) is 2. The van der Waals surface area contributed by atoms with Crippen LogP contribution in [0, 0.1) is 5.92 Å². The zero-order valence-electron chi connectivity index (χ0n) is 25.8. The maximum atomic E-state index is 13.9. The van der Waals surface area contributed by atoms with E-state index in [1.807, 2.05) is 0 Å². The molecule has 15 nitrogen and oxygen atoms in total. The molecule has 1 aromatic rings. The first-order valence-corrected chi connectivity index (χ1v) is 15.4. The van der Waals surface area contributed by atoms with Crippen LogP contribution in [0.1, 0.15) is 51.0 Å². The molecule has 0 unspecified atom stereocenters. The van der Waals surface area contributed by atoms with Crippen molar-refractivity contribution >= 4 is 35.1 Å². The molecule has 2 fully saturated rings. The number of esters is 1. The molecule has 46 heavy (non-hydrogen) atoms. The standard InChI is InChI=1S/C31H43N3O12/c1-17(7-5-9-22(36)33-14-6-8-19(33)16-35)31(44)20-15-18(32-28(41)27-25(39)24(38)26(40)29(42)46-27)11-12-21(20)34(30(31)43)13-4-3-10-23(37)45-2/h5,7,11-12,15,17,19,24-27,29,35,38-40,42,44H,3-4,6,8-10,13-14,16H2,1-2H3,(H,32,41)/b7-5+/t17-,19+,24+,25+,26-,27+,29-,31+/m1/s1. The van der Waals surface area contributed by atoms with Gasteiger partial charge < -0.3 is 55.2 Å². The summed E-state index contributed by atoms with van der Waals surface area (Å²) in [6.07, 6.45) is -3.55. The van der Waals surface area contributed by atoms with E-state index in [4.69, 9.17) is 4.74 Å². The number of hydrogen-bond acceptors (Lipinski definition) is 12. The van der Waals surface area contributed by atoms with Crippen molar-refractivity contribution in [1.29, 1.82) is 0 Å². The quantitative estimate of drug-likeness (QED) is 0.0811. The molecule has 8 atom stereocenters. The Balaban J connectivity index is 1.56. The zero-order chi connectivity index (χ0) is 33.8. The normalized spacial score (nSPS) is 30.0. The average Bonchev–Trinajstić information content (AvgIpc) is 3.61. The highest BCUT2D eigenvalue weighted by Crippen LogP contribution is 2.46. The number of hydrogen-bond donors (Lipinski definition) is 7. The highest BCUT2D eigenvalue weighted by atomic mass is 16.6. The van der Waals surface area contributed by atoms with E-state index in [1.165, 1.54) is 30.2 Å². The lowest BCUT2D eigenvalue weighted by atomic mass is 9.82. The van der Waals surface area contributed by atoms with Crippen molar-refractivity contribution in [2.45, 2.75) is 87.8 Å². The minimum atomic E-state index is -2.11. The summed E-state index contributed by atoms with van der Waals surface area (Å²) in [5, 5.41) is 63.8. The van der Waals surface area contributed by atoms with E-state index in [1.54, 1.807) is 24.0 Å². The topological polar surface area (TPSA) is 227 Å². The van der Waals surface area contributed by atoms with E-state index in [2.05, 4.69) is 10.1 Å². The fraction of sp³-hybridized carbons (Fsp3) is 0.613. The van der Waals surface area contributed by atoms with E-state index in [9.17, 15) is 49.8 Å². The number of anilines is 2. The molecule has 0 saturated carbocycles. The van der Waals surface area contributed by atoms with Crippen LogP contribution >= 0.6 is 0 Å².